The third kappa shape index (κ3) is 8.96. The number of hydrogen-bond acceptors (Lipinski definition) is 14. The van der Waals surface area contributed by atoms with Crippen LogP contribution in [0, 0.1) is 5.92 Å². The number of benzene rings is 3. The van der Waals surface area contributed by atoms with Crippen molar-refractivity contribution in [2.24, 2.45) is 11.7 Å². The Hall–Kier alpha value is -5.25. The summed E-state index contributed by atoms with van der Waals surface area (Å²) in [5.74, 6) is -1.61. The van der Waals surface area contributed by atoms with Gasteiger partial charge >= 0.3 is 5.97 Å². The molecule has 0 unspecified atom stereocenters. The number of esters is 1. The highest BCUT2D eigenvalue weighted by molar-refractivity contribution is 5.87. The van der Waals surface area contributed by atoms with E-state index in [9.17, 15) is 45.0 Å². The molecule has 1 aromatic heterocycles. The van der Waals surface area contributed by atoms with Gasteiger partial charge in [-0.1, -0.05) is 12.1 Å². The number of carbonyl (C=O) groups excluding carboxylic acids is 2. The summed E-state index contributed by atoms with van der Waals surface area (Å²) in [7, 11) is 0. The number of fused-ring (bicyclic) bond motifs is 1. The van der Waals surface area contributed by atoms with Crippen LogP contribution in [0.25, 0.3) is 28.4 Å². The van der Waals surface area contributed by atoms with E-state index in [4.69, 9.17) is 24.7 Å². The molecule has 1 heterocycles. The summed E-state index contributed by atoms with van der Waals surface area (Å²) in [5.41, 5.74) is 5.50. The molecule has 3 aromatic carbocycles. The number of phenols is 3. The van der Waals surface area contributed by atoms with Crippen LogP contribution in [-0.4, -0.2) is 91.7 Å². The number of rotatable bonds is 9. The van der Waals surface area contributed by atoms with Crippen LogP contribution in [-0.2, 0) is 14.3 Å². The van der Waals surface area contributed by atoms with E-state index in [1.54, 1.807) is 24.3 Å². The van der Waals surface area contributed by atoms with Gasteiger partial charge in [0.05, 0.1) is 25.4 Å². The Morgan fingerprint density at radius 1 is 0.938 bits per heavy atom. The number of hydrogen-bond donors (Lipinski definition) is 8. The van der Waals surface area contributed by atoms with Crippen molar-refractivity contribution >= 4 is 29.3 Å². The second kappa shape index (κ2) is 16.0. The zero-order valence-electron chi connectivity index (χ0n) is 25.3. The molecule has 0 bridgehead atoms. The second-order valence-corrected chi connectivity index (χ2v) is 11.0. The van der Waals surface area contributed by atoms with Crippen LogP contribution >= 0.6 is 0 Å². The number of carbonyl (C=O) groups is 2. The van der Waals surface area contributed by atoms with E-state index < -0.39 is 53.5 Å². The maximum atomic E-state index is 12.7. The van der Waals surface area contributed by atoms with Crippen molar-refractivity contribution < 1.29 is 59.2 Å². The van der Waals surface area contributed by atoms with Gasteiger partial charge in [0.2, 0.25) is 0 Å². The zero-order valence-corrected chi connectivity index (χ0v) is 25.3. The van der Waals surface area contributed by atoms with Gasteiger partial charge in [-0.25, -0.2) is 4.79 Å². The molecule has 0 saturated heterocycles. The summed E-state index contributed by atoms with van der Waals surface area (Å²) < 4.78 is 17.0. The quantitative estimate of drug-likeness (QED) is 0.0711. The van der Waals surface area contributed by atoms with Crippen molar-refractivity contribution in [3.63, 3.8) is 0 Å². The SMILES string of the molecule is N[C@H](C=O)CO.O=C(/C=C/c1ccc(O)cc1)OC[C@@H]1C[C@H](Oc2cc(O)c3c(=O)cc(-c4ccc(O)cc4)oc3c2)[C@@H](O)[C@H](O)[C@H]1O. The molecular weight excluding hydrogens is 630 g/mol. The minimum Gasteiger partial charge on any atom is -0.508 e. The van der Waals surface area contributed by atoms with Gasteiger partial charge < -0.3 is 60.2 Å². The molecule has 1 aliphatic carbocycles. The summed E-state index contributed by atoms with van der Waals surface area (Å²) in [6, 6.07) is 15.2. The first-order chi connectivity index (χ1) is 22.9. The average Bonchev–Trinajstić information content (AvgIpc) is 3.07. The van der Waals surface area contributed by atoms with Gasteiger partial charge in [-0.2, -0.15) is 0 Å². The second-order valence-electron chi connectivity index (χ2n) is 11.0. The number of aldehydes is 1. The fourth-order valence-corrected chi connectivity index (χ4v) is 4.85. The highest BCUT2D eigenvalue weighted by Gasteiger charge is 2.44. The van der Waals surface area contributed by atoms with Crippen molar-refractivity contribution in [2.45, 2.75) is 36.9 Å². The van der Waals surface area contributed by atoms with Gasteiger partial charge in [0.15, 0.2) is 5.43 Å². The summed E-state index contributed by atoms with van der Waals surface area (Å²) in [6.45, 7) is -0.541. The van der Waals surface area contributed by atoms with E-state index in [0.29, 0.717) is 17.4 Å². The predicted molar refractivity (Wildman–Crippen MR) is 171 cm³/mol. The van der Waals surface area contributed by atoms with Crippen LogP contribution in [0.5, 0.6) is 23.0 Å². The summed E-state index contributed by atoms with van der Waals surface area (Å²) in [5, 5.41) is 68.9. The van der Waals surface area contributed by atoms with Gasteiger partial charge in [-0.05, 0) is 54.5 Å². The van der Waals surface area contributed by atoms with Crippen LogP contribution in [0.4, 0.5) is 0 Å². The monoisotopic (exact) mass is 665 g/mol. The largest absolute Gasteiger partial charge is 0.508 e. The molecule has 254 valence electrons. The van der Waals surface area contributed by atoms with Crippen molar-refractivity contribution in [1.82, 2.24) is 0 Å². The molecule has 0 radical (unpaired) electrons. The number of nitrogens with two attached hydrogens (primary N) is 1. The van der Waals surface area contributed by atoms with E-state index in [0.717, 1.165) is 0 Å². The molecule has 1 aliphatic rings. The number of ether oxygens (including phenoxy) is 2. The maximum absolute atomic E-state index is 12.7. The first-order valence-corrected chi connectivity index (χ1v) is 14.7. The van der Waals surface area contributed by atoms with E-state index in [2.05, 4.69) is 0 Å². The summed E-state index contributed by atoms with van der Waals surface area (Å²) in [6.07, 6.45) is -2.49. The lowest BCUT2D eigenvalue weighted by atomic mass is 9.81. The van der Waals surface area contributed by atoms with Crippen LogP contribution in [0.15, 0.2) is 82.0 Å². The van der Waals surface area contributed by atoms with Gasteiger partial charge in [-0.15, -0.1) is 0 Å². The lowest BCUT2D eigenvalue weighted by Gasteiger charge is -2.40. The number of aromatic hydroxyl groups is 3. The molecule has 14 heteroatoms. The number of phenolic OH excluding ortho intramolecular Hbond substituents is 3. The molecule has 4 aromatic rings. The van der Waals surface area contributed by atoms with Gasteiger partial charge in [0.25, 0.3) is 0 Å². The molecular formula is C34H35NO13. The third-order valence-corrected chi connectivity index (χ3v) is 7.45. The Morgan fingerprint density at radius 2 is 1.58 bits per heavy atom. The van der Waals surface area contributed by atoms with Gasteiger partial charge in [-0.3, -0.25) is 4.79 Å². The Labute approximate surface area is 273 Å². The van der Waals surface area contributed by atoms with E-state index in [1.165, 1.54) is 54.6 Å². The summed E-state index contributed by atoms with van der Waals surface area (Å²) in [4.78, 5) is 34.4. The number of aliphatic hydroxyl groups excluding tert-OH is 4. The molecule has 48 heavy (non-hydrogen) atoms. The fraction of sp³-hybridized carbons (Fsp3) is 0.265. The van der Waals surface area contributed by atoms with E-state index >= 15 is 0 Å². The van der Waals surface area contributed by atoms with Gasteiger partial charge in [0, 0.05) is 35.8 Å². The molecule has 6 atom stereocenters. The Morgan fingerprint density at radius 3 is 2.19 bits per heavy atom. The summed E-state index contributed by atoms with van der Waals surface area (Å²) >= 11 is 0. The average molecular weight is 666 g/mol. The zero-order chi connectivity index (χ0) is 35.0. The Balaban J connectivity index is 0.000000794. The van der Waals surface area contributed by atoms with Crippen molar-refractivity contribution in [3.05, 3.63) is 88.6 Å². The third-order valence-electron chi connectivity index (χ3n) is 7.45. The molecule has 9 N–H and O–H groups in total. The van der Waals surface area contributed by atoms with Crippen LogP contribution in [0.1, 0.15) is 12.0 Å². The van der Waals surface area contributed by atoms with Crippen LogP contribution in [0.3, 0.4) is 0 Å². The first-order valence-electron chi connectivity index (χ1n) is 14.7. The highest BCUT2D eigenvalue weighted by Crippen LogP contribution is 2.35. The Bertz CT molecular complexity index is 1790. The number of aliphatic hydroxyl groups is 4. The Kier molecular flexibility index (Phi) is 11.9. The minimum absolute atomic E-state index is 0.00245. The topological polar surface area (TPSA) is 250 Å². The molecule has 0 spiro atoms. The van der Waals surface area contributed by atoms with Gasteiger partial charge in [0.1, 0.15) is 64.3 Å². The first kappa shape index (κ1) is 35.6. The van der Waals surface area contributed by atoms with E-state index in [-0.39, 0.29) is 53.6 Å². The minimum atomic E-state index is -1.62. The lowest BCUT2D eigenvalue weighted by molar-refractivity contribution is -0.166. The molecule has 1 saturated carbocycles. The fourth-order valence-electron chi connectivity index (χ4n) is 4.85. The van der Waals surface area contributed by atoms with E-state index in [1.807, 2.05) is 0 Å². The van der Waals surface area contributed by atoms with Crippen LogP contribution < -0.4 is 15.9 Å². The van der Waals surface area contributed by atoms with Crippen molar-refractivity contribution in [1.29, 1.82) is 0 Å². The normalized spacial score (nSPS) is 21.2. The van der Waals surface area contributed by atoms with Crippen molar-refractivity contribution in [3.8, 4) is 34.3 Å². The molecule has 1 fully saturated rings. The molecule has 5 rings (SSSR count). The molecule has 14 nitrogen and oxygen atoms in total. The smallest absolute Gasteiger partial charge is 0.330 e. The van der Waals surface area contributed by atoms with Crippen LogP contribution in [0.2, 0.25) is 0 Å². The highest BCUT2D eigenvalue weighted by atomic mass is 16.5. The van der Waals surface area contributed by atoms with Crippen molar-refractivity contribution in [2.75, 3.05) is 13.2 Å². The lowest BCUT2D eigenvalue weighted by Crippen LogP contribution is -2.56. The maximum Gasteiger partial charge on any atom is 0.330 e. The molecule has 0 aliphatic heterocycles. The molecule has 0 amide bonds. The standard InChI is InChI=1S/C31H28O11.C3H7NO2/c32-19-6-1-16(2-7-19)3-10-27(36)40-15-18-11-26(30(38)31(39)29(18)37)41-21-12-22(34)28-23(35)14-24(42-25(28)13-21)17-4-8-20(33)9-5-17;4-3(1-5)2-6/h1-10,12-14,18,26,29-34,37-39H,11,15H2;1,3,6H,2,4H2/b10-3+;/t18-,26-,29-,30+,31+;3-/m01/s1. The predicted octanol–water partition coefficient (Wildman–Crippen LogP) is 1.19.